The summed E-state index contributed by atoms with van der Waals surface area (Å²) < 4.78 is 5.61. The summed E-state index contributed by atoms with van der Waals surface area (Å²) in [5, 5.41) is 3.25. The van der Waals surface area contributed by atoms with Gasteiger partial charge in [-0.1, -0.05) is 26.0 Å². The minimum atomic E-state index is 0.134. The second-order valence-corrected chi connectivity index (χ2v) is 4.43. The maximum Gasteiger partial charge on any atom is 0.168 e. The zero-order valence-corrected chi connectivity index (χ0v) is 11.5. The molecule has 0 aliphatic rings. The molecule has 0 saturated heterocycles. The summed E-state index contributed by atoms with van der Waals surface area (Å²) in [5.41, 5.74) is 0.690. The van der Waals surface area contributed by atoms with Crippen LogP contribution in [-0.4, -0.2) is 25.0 Å². The minimum absolute atomic E-state index is 0.134. The summed E-state index contributed by atoms with van der Waals surface area (Å²) >= 11 is 0. The predicted molar refractivity (Wildman–Crippen MR) is 74.3 cm³/mol. The summed E-state index contributed by atoms with van der Waals surface area (Å²) in [6, 6.07) is 7.67. The summed E-state index contributed by atoms with van der Waals surface area (Å²) in [5.74, 6) is 0.836. The van der Waals surface area contributed by atoms with Crippen molar-refractivity contribution in [1.82, 2.24) is 5.32 Å². The Morgan fingerprint density at radius 3 is 2.72 bits per heavy atom. The van der Waals surface area contributed by atoms with Crippen LogP contribution in [0.3, 0.4) is 0 Å². The Bertz CT molecular complexity index is 377. The largest absolute Gasteiger partial charge is 0.493 e. The second kappa shape index (κ2) is 7.88. The molecule has 0 aromatic heterocycles. The molecule has 1 aromatic carbocycles. The van der Waals surface area contributed by atoms with Crippen molar-refractivity contribution < 1.29 is 9.53 Å². The summed E-state index contributed by atoms with van der Waals surface area (Å²) in [6.07, 6.45) is 1.44. The van der Waals surface area contributed by atoms with Crippen LogP contribution in [0.4, 0.5) is 0 Å². The van der Waals surface area contributed by atoms with Crippen LogP contribution in [-0.2, 0) is 0 Å². The summed E-state index contributed by atoms with van der Waals surface area (Å²) in [6.45, 7) is 7.64. The molecule has 1 N–H and O–H groups in total. The van der Waals surface area contributed by atoms with E-state index in [1.165, 1.54) is 0 Å². The molecule has 1 rings (SSSR count). The van der Waals surface area contributed by atoms with E-state index in [0.717, 1.165) is 13.0 Å². The SMILES string of the molecule is CCCOc1ccccc1C(=O)CC(C)NCC. The van der Waals surface area contributed by atoms with E-state index in [1.807, 2.05) is 38.1 Å². The maximum atomic E-state index is 12.2. The fourth-order valence-corrected chi connectivity index (χ4v) is 1.84. The number of carbonyl (C=O) groups is 1. The first-order chi connectivity index (χ1) is 8.69. The first-order valence-corrected chi connectivity index (χ1v) is 6.67. The first kappa shape index (κ1) is 14.7. The normalized spacial score (nSPS) is 12.2. The lowest BCUT2D eigenvalue weighted by molar-refractivity contribution is 0.0968. The van der Waals surface area contributed by atoms with Crippen molar-refractivity contribution in [2.45, 2.75) is 39.7 Å². The fraction of sp³-hybridized carbons (Fsp3) is 0.533. The maximum absolute atomic E-state index is 12.2. The summed E-state index contributed by atoms with van der Waals surface area (Å²) in [4.78, 5) is 12.2. The molecule has 0 amide bonds. The second-order valence-electron chi connectivity index (χ2n) is 4.43. The molecule has 1 aromatic rings. The third kappa shape index (κ3) is 4.49. The Morgan fingerprint density at radius 2 is 2.06 bits per heavy atom. The minimum Gasteiger partial charge on any atom is -0.493 e. The number of Topliss-reactive ketones (excluding diaryl/α,β-unsaturated/α-hetero) is 1. The van der Waals surface area contributed by atoms with Crippen LogP contribution in [0, 0.1) is 0 Å². The quantitative estimate of drug-likeness (QED) is 0.720. The third-order valence-corrected chi connectivity index (χ3v) is 2.69. The van der Waals surface area contributed by atoms with E-state index >= 15 is 0 Å². The zero-order valence-electron chi connectivity index (χ0n) is 11.5. The van der Waals surface area contributed by atoms with Crippen molar-refractivity contribution in [2.24, 2.45) is 0 Å². The highest BCUT2D eigenvalue weighted by Crippen LogP contribution is 2.20. The molecule has 3 nitrogen and oxygen atoms in total. The smallest absolute Gasteiger partial charge is 0.168 e. The molecule has 0 saturated carbocycles. The van der Waals surface area contributed by atoms with E-state index in [2.05, 4.69) is 12.2 Å². The molecule has 18 heavy (non-hydrogen) atoms. The lowest BCUT2D eigenvalue weighted by Crippen LogP contribution is -2.28. The predicted octanol–water partition coefficient (Wildman–Crippen LogP) is 3.05. The van der Waals surface area contributed by atoms with Crippen LogP contribution in [0.25, 0.3) is 0 Å². The topological polar surface area (TPSA) is 38.3 Å². The van der Waals surface area contributed by atoms with E-state index in [4.69, 9.17) is 4.74 Å². The van der Waals surface area contributed by atoms with Crippen LogP contribution in [0.1, 0.15) is 44.0 Å². The highest BCUT2D eigenvalue weighted by atomic mass is 16.5. The van der Waals surface area contributed by atoms with Gasteiger partial charge < -0.3 is 10.1 Å². The van der Waals surface area contributed by atoms with Gasteiger partial charge >= 0.3 is 0 Å². The van der Waals surface area contributed by atoms with Gasteiger partial charge in [0.05, 0.1) is 12.2 Å². The van der Waals surface area contributed by atoms with Crippen molar-refractivity contribution in [1.29, 1.82) is 0 Å². The van der Waals surface area contributed by atoms with E-state index < -0.39 is 0 Å². The highest BCUT2D eigenvalue weighted by Gasteiger charge is 2.14. The third-order valence-electron chi connectivity index (χ3n) is 2.69. The number of carbonyl (C=O) groups excluding carboxylic acids is 1. The van der Waals surface area contributed by atoms with Gasteiger partial charge in [-0.15, -0.1) is 0 Å². The van der Waals surface area contributed by atoms with Crippen molar-refractivity contribution in [3.63, 3.8) is 0 Å². The zero-order chi connectivity index (χ0) is 13.4. The molecule has 0 bridgehead atoms. The molecular formula is C15H23NO2. The van der Waals surface area contributed by atoms with E-state index in [9.17, 15) is 4.79 Å². The van der Waals surface area contributed by atoms with Crippen LogP contribution in [0.5, 0.6) is 5.75 Å². The Kier molecular flexibility index (Phi) is 6.44. The number of benzene rings is 1. The number of hydrogen-bond donors (Lipinski definition) is 1. The Morgan fingerprint density at radius 1 is 1.33 bits per heavy atom. The lowest BCUT2D eigenvalue weighted by atomic mass is 10.0. The average molecular weight is 249 g/mol. The van der Waals surface area contributed by atoms with Gasteiger partial charge in [-0.3, -0.25) is 4.79 Å². The first-order valence-electron chi connectivity index (χ1n) is 6.67. The molecule has 0 aliphatic carbocycles. The van der Waals surface area contributed by atoms with Crippen molar-refractivity contribution in [3.8, 4) is 5.75 Å². The average Bonchev–Trinajstić information content (AvgIpc) is 2.36. The molecular weight excluding hydrogens is 226 g/mol. The van der Waals surface area contributed by atoms with Crippen LogP contribution >= 0.6 is 0 Å². The van der Waals surface area contributed by atoms with Crippen LogP contribution < -0.4 is 10.1 Å². The van der Waals surface area contributed by atoms with Gasteiger partial charge in [0.15, 0.2) is 5.78 Å². The lowest BCUT2D eigenvalue weighted by Gasteiger charge is -2.13. The molecule has 1 unspecified atom stereocenters. The molecule has 0 fully saturated rings. The number of ether oxygens (including phenoxy) is 1. The van der Waals surface area contributed by atoms with Crippen molar-refractivity contribution >= 4 is 5.78 Å². The van der Waals surface area contributed by atoms with Gasteiger partial charge in [-0.05, 0) is 32.0 Å². The number of rotatable bonds is 8. The molecule has 0 radical (unpaired) electrons. The Hall–Kier alpha value is -1.35. The van der Waals surface area contributed by atoms with E-state index in [-0.39, 0.29) is 11.8 Å². The summed E-state index contributed by atoms with van der Waals surface area (Å²) in [7, 11) is 0. The van der Waals surface area contributed by atoms with Crippen molar-refractivity contribution in [3.05, 3.63) is 29.8 Å². The molecule has 0 spiro atoms. The standard InChI is InChI=1S/C15H23NO2/c1-4-10-18-15-9-7-6-8-13(15)14(17)11-12(3)16-5-2/h6-9,12,16H,4-5,10-11H2,1-3H3. The molecule has 0 aliphatic heterocycles. The number of ketones is 1. The monoisotopic (exact) mass is 249 g/mol. The molecule has 3 heteroatoms. The Labute approximate surface area is 110 Å². The van der Waals surface area contributed by atoms with Crippen molar-refractivity contribution in [2.75, 3.05) is 13.2 Å². The number of para-hydroxylation sites is 1. The number of hydrogen-bond acceptors (Lipinski definition) is 3. The fourth-order valence-electron chi connectivity index (χ4n) is 1.84. The Balaban J connectivity index is 2.71. The van der Waals surface area contributed by atoms with Gasteiger partial charge in [0.1, 0.15) is 5.75 Å². The van der Waals surface area contributed by atoms with E-state index in [0.29, 0.717) is 24.3 Å². The van der Waals surface area contributed by atoms with Crippen LogP contribution in [0.2, 0.25) is 0 Å². The van der Waals surface area contributed by atoms with Gasteiger partial charge in [-0.2, -0.15) is 0 Å². The molecule has 100 valence electrons. The van der Waals surface area contributed by atoms with Gasteiger partial charge in [0.25, 0.3) is 0 Å². The van der Waals surface area contributed by atoms with Gasteiger partial charge in [0.2, 0.25) is 0 Å². The van der Waals surface area contributed by atoms with E-state index in [1.54, 1.807) is 0 Å². The van der Waals surface area contributed by atoms with Gasteiger partial charge in [-0.25, -0.2) is 0 Å². The molecule has 0 heterocycles. The molecule has 1 atom stereocenters. The number of nitrogens with one attached hydrogen (secondary N) is 1. The van der Waals surface area contributed by atoms with Gasteiger partial charge in [0, 0.05) is 12.5 Å². The highest BCUT2D eigenvalue weighted by molar-refractivity contribution is 5.98. The van der Waals surface area contributed by atoms with Crippen LogP contribution in [0.15, 0.2) is 24.3 Å².